The van der Waals surface area contributed by atoms with Gasteiger partial charge in [0.1, 0.15) is 12.5 Å². The van der Waals surface area contributed by atoms with Crippen molar-refractivity contribution in [3.8, 4) is 0 Å². The summed E-state index contributed by atoms with van der Waals surface area (Å²) in [6.45, 7) is -0.102. The van der Waals surface area contributed by atoms with E-state index in [4.69, 9.17) is 5.11 Å². The van der Waals surface area contributed by atoms with Crippen LogP contribution in [0.1, 0.15) is 6.42 Å². The molecule has 1 heterocycles. The zero-order valence-corrected chi connectivity index (χ0v) is 5.84. The molecule has 0 aromatic carbocycles. The molecule has 1 fully saturated rings. The molecule has 1 amide bonds. The van der Waals surface area contributed by atoms with Gasteiger partial charge in [-0.2, -0.15) is 0 Å². The maximum absolute atomic E-state index is 10.6. The lowest BCUT2D eigenvalue weighted by atomic mass is 10.3. The number of carbonyl (C=O) groups excluding carboxylic acids is 1. The van der Waals surface area contributed by atoms with Gasteiger partial charge in [-0.15, -0.1) is 8.42 Å². The number of rotatable bonds is 0. The Morgan fingerprint density at radius 2 is 2.20 bits per heavy atom. The van der Waals surface area contributed by atoms with Crippen LogP contribution in [0.4, 0.5) is 0 Å². The SMILES string of the molecule is O=C1CC(O)C[N+]1=S(=O)=O. The van der Waals surface area contributed by atoms with E-state index in [1.807, 2.05) is 0 Å². The van der Waals surface area contributed by atoms with Crippen LogP contribution in [-0.2, 0) is 15.3 Å². The maximum atomic E-state index is 10.6. The summed E-state index contributed by atoms with van der Waals surface area (Å²) in [7, 11) is -2.52. The minimum Gasteiger partial charge on any atom is -0.386 e. The molecule has 1 N–H and O–H groups in total. The molecule has 1 unspecified atom stereocenters. The van der Waals surface area contributed by atoms with Gasteiger partial charge in [-0.3, -0.25) is 0 Å². The lowest BCUT2D eigenvalue weighted by Gasteiger charge is -1.82. The normalized spacial score (nSPS) is 25.5. The van der Waals surface area contributed by atoms with Crippen LogP contribution in [-0.4, -0.2) is 36.0 Å². The van der Waals surface area contributed by atoms with Gasteiger partial charge in [0.2, 0.25) is 0 Å². The summed E-state index contributed by atoms with van der Waals surface area (Å²) in [5, 5.41) is 8.78. The summed E-state index contributed by atoms with van der Waals surface area (Å²) in [5.41, 5.74) is 0. The molecule has 0 aromatic rings. The Balaban J connectivity index is 3.06. The summed E-state index contributed by atoms with van der Waals surface area (Å²) in [6.07, 6.45) is -0.918. The first-order valence-corrected chi connectivity index (χ1v) is 3.72. The van der Waals surface area contributed by atoms with E-state index in [1.54, 1.807) is 0 Å². The van der Waals surface area contributed by atoms with Gasteiger partial charge in [-0.25, -0.2) is 4.79 Å². The maximum Gasteiger partial charge on any atom is 0.467 e. The van der Waals surface area contributed by atoms with Crippen LogP contribution in [0.25, 0.3) is 0 Å². The molecule has 5 nitrogen and oxygen atoms in total. The molecule has 0 aliphatic carbocycles. The summed E-state index contributed by atoms with van der Waals surface area (Å²) in [5.74, 6) is -0.541. The number of carbonyl (C=O) groups is 1. The topological polar surface area (TPSA) is 74.4 Å². The van der Waals surface area contributed by atoms with Gasteiger partial charge in [-0.1, -0.05) is 0 Å². The molecule has 1 aliphatic rings. The van der Waals surface area contributed by atoms with Crippen molar-refractivity contribution < 1.29 is 22.3 Å². The Morgan fingerprint density at radius 1 is 1.60 bits per heavy atom. The second kappa shape index (κ2) is 2.47. The third-order valence-electron chi connectivity index (χ3n) is 1.24. The molecule has 10 heavy (non-hydrogen) atoms. The molecule has 1 aliphatic heterocycles. The molecular weight excluding hydrogens is 158 g/mol. The molecule has 0 bridgehead atoms. The van der Waals surface area contributed by atoms with Crippen molar-refractivity contribution in [1.29, 1.82) is 0 Å². The largest absolute Gasteiger partial charge is 0.467 e. The lowest BCUT2D eigenvalue weighted by Crippen LogP contribution is -2.12. The summed E-state index contributed by atoms with van der Waals surface area (Å²) in [6, 6.07) is 0. The van der Waals surface area contributed by atoms with Crippen molar-refractivity contribution in [2.75, 3.05) is 6.54 Å². The highest BCUT2D eigenvalue weighted by Gasteiger charge is 2.35. The van der Waals surface area contributed by atoms with Crippen molar-refractivity contribution in [2.24, 2.45) is 0 Å². The van der Waals surface area contributed by atoms with Crippen molar-refractivity contribution in [2.45, 2.75) is 12.5 Å². The fourth-order valence-corrected chi connectivity index (χ4v) is 1.34. The predicted octanol–water partition coefficient (Wildman–Crippen LogP) is -1.65. The first-order chi connectivity index (χ1) is 4.61. The van der Waals surface area contributed by atoms with Crippen LogP contribution in [0.15, 0.2) is 0 Å². The van der Waals surface area contributed by atoms with Crippen LogP contribution < -0.4 is 0 Å². The third-order valence-corrected chi connectivity index (χ3v) is 1.96. The molecule has 0 aromatic heterocycles. The number of amides is 1. The zero-order chi connectivity index (χ0) is 7.72. The first kappa shape index (κ1) is 7.36. The van der Waals surface area contributed by atoms with E-state index in [2.05, 4.69) is 0 Å². The Labute approximate surface area is 58.6 Å². The van der Waals surface area contributed by atoms with Crippen molar-refractivity contribution in [3.05, 3.63) is 0 Å². The highest BCUT2D eigenvalue weighted by Crippen LogP contribution is 2.03. The van der Waals surface area contributed by atoms with E-state index in [9.17, 15) is 13.2 Å². The van der Waals surface area contributed by atoms with E-state index < -0.39 is 22.5 Å². The van der Waals surface area contributed by atoms with Crippen LogP contribution in [0.3, 0.4) is 0 Å². The van der Waals surface area contributed by atoms with E-state index in [0.717, 1.165) is 0 Å². The zero-order valence-electron chi connectivity index (χ0n) is 5.02. The minimum atomic E-state index is -2.52. The third kappa shape index (κ3) is 1.22. The number of hydrogen-bond acceptors (Lipinski definition) is 4. The Hall–Kier alpha value is -0.750. The molecule has 6 heteroatoms. The summed E-state index contributed by atoms with van der Waals surface area (Å²) in [4.78, 5) is 10.6. The minimum absolute atomic E-state index is 0.0893. The van der Waals surface area contributed by atoms with E-state index in [1.165, 1.54) is 0 Å². The fraction of sp³-hybridized carbons (Fsp3) is 0.750. The predicted molar refractivity (Wildman–Crippen MR) is 29.7 cm³/mol. The molecule has 1 saturated heterocycles. The average Bonchev–Trinajstić information content (AvgIpc) is 2.10. The number of nitrogens with zero attached hydrogens (tertiary/aromatic N) is 1. The summed E-state index contributed by atoms with van der Waals surface area (Å²) >= 11 is 0. The van der Waals surface area contributed by atoms with Crippen LogP contribution in [0.2, 0.25) is 0 Å². The van der Waals surface area contributed by atoms with Crippen molar-refractivity contribution in [3.63, 3.8) is 0 Å². The molecule has 1 atom stereocenters. The van der Waals surface area contributed by atoms with Gasteiger partial charge in [0.15, 0.2) is 6.54 Å². The standard InChI is InChI=1S/C4H6NO4S/c6-3-1-4(7)5(2-3)10(8)9/h3,6H,1-2H2/q+1. The second-order valence-corrected chi connectivity index (χ2v) is 2.90. The van der Waals surface area contributed by atoms with Gasteiger partial charge in [0.25, 0.3) is 0 Å². The molecule has 0 saturated carbocycles. The monoisotopic (exact) mass is 164 g/mol. The van der Waals surface area contributed by atoms with Crippen LogP contribution >= 0.6 is 0 Å². The summed E-state index contributed by atoms with van der Waals surface area (Å²) < 4.78 is 20.9. The number of aliphatic hydroxyl groups is 1. The quantitative estimate of drug-likeness (QED) is 0.435. The molecular formula is C4H6NO4S+. The smallest absolute Gasteiger partial charge is 0.386 e. The second-order valence-electron chi connectivity index (χ2n) is 2.03. The van der Waals surface area contributed by atoms with E-state index in [-0.39, 0.29) is 13.0 Å². The van der Waals surface area contributed by atoms with Crippen LogP contribution in [0.5, 0.6) is 0 Å². The van der Waals surface area contributed by atoms with E-state index in [0.29, 0.717) is 3.95 Å². The van der Waals surface area contributed by atoms with Gasteiger partial charge in [0, 0.05) is 0 Å². The van der Waals surface area contributed by atoms with E-state index >= 15 is 0 Å². The number of β-amino-alcohol motifs (C(OH)–C–C–N with tert-alkyl or cyclic N) is 1. The van der Waals surface area contributed by atoms with Crippen molar-refractivity contribution >= 4 is 16.4 Å². The number of aliphatic hydroxyl groups excluding tert-OH is 1. The van der Waals surface area contributed by atoms with Gasteiger partial charge in [0.05, 0.1) is 0 Å². The average molecular weight is 164 g/mol. The Kier molecular flexibility index (Phi) is 1.82. The molecule has 56 valence electrons. The number of hydrogen-bond donors (Lipinski definition) is 1. The molecule has 0 radical (unpaired) electrons. The van der Waals surface area contributed by atoms with Gasteiger partial charge < -0.3 is 5.11 Å². The van der Waals surface area contributed by atoms with Gasteiger partial charge >= 0.3 is 16.4 Å². The Morgan fingerprint density at radius 3 is 2.40 bits per heavy atom. The van der Waals surface area contributed by atoms with Crippen LogP contribution in [0, 0.1) is 0 Å². The Bertz CT molecular complexity index is 282. The lowest BCUT2D eigenvalue weighted by molar-refractivity contribution is -0.415. The molecule has 0 spiro atoms. The highest BCUT2D eigenvalue weighted by atomic mass is 32.2. The highest BCUT2D eigenvalue weighted by molar-refractivity contribution is 7.59. The first-order valence-electron chi connectivity index (χ1n) is 2.69. The van der Waals surface area contributed by atoms with Gasteiger partial charge in [-0.05, 0) is 3.95 Å². The molecule has 1 rings (SSSR count). The fourth-order valence-electron chi connectivity index (χ4n) is 0.805. The van der Waals surface area contributed by atoms with Crippen molar-refractivity contribution in [1.82, 2.24) is 0 Å².